The van der Waals surface area contributed by atoms with Crippen molar-refractivity contribution >= 4 is 11.9 Å². The molecular formula is C18H20N4O3. The van der Waals surface area contributed by atoms with Gasteiger partial charge in [0, 0.05) is 32.0 Å². The van der Waals surface area contributed by atoms with E-state index in [4.69, 9.17) is 4.42 Å². The molecule has 2 aliphatic heterocycles. The molecule has 7 heteroatoms. The summed E-state index contributed by atoms with van der Waals surface area (Å²) in [6.07, 6.45) is 6.80. The van der Waals surface area contributed by atoms with Crippen molar-refractivity contribution in [2.75, 3.05) is 13.1 Å². The second kappa shape index (κ2) is 6.58. The number of rotatable bonds is 3. The van der Waals surface area contributed by atoms with Crippen molar-refractivity contribution in [3.8, 4) is 0 Å². The van der Waals surface area contributed by atoms with Gasteiger partial charge in [-0.3, -0.25) is 9.78 Å². The molecule has 3 amide bonds. The number of hydrogen-bond acceptors (Lipinski definition) is 4. The first-order valence-electron chi connectivity index (χ1n) is 8.50. The van der Waals surface area contributed by atoms with Crippen LogP contribution >= 0.6 is 0 Å². The third-order valence-corrected chi connectivity index (χ3v) is 4.90. The zero-order valence-corrected chi connectivity index (χ0v) is 13.8. The highest BCUT2D eigenvalue weighted by molar-refractivity contribution is 5.92. The number of pyridine rings is 1. The van der Waals surface area contributed by atoms with Crippen LogP contribution in [0.3, 0.4) is 0 Å². The standard InChI is InChI=1S/C18H20N4O3/c23-17(16-4-2-8-25-16)22-14-5-6-15(22)12-21(11-14)18(24)20-10-13-3-1-7-19-9-13/h1-4,7-9,14-15H,5-6,10-12H2,(H,20,24)/t14-,15+. The van der Waals surface area contributed by atoms with Crippen molar-refractivity contribution in [2.24, 2.45) is 0 Å². The molecule has 0 aliphatic carbocycles. The average Bonchev–Trinajstić information content (AvgIpc) is 3.26. The van der Waals surface area contributed by atoms with Crippen LogP contribution in [0.4, 0.5) is 4.79 Å². The first-order valence-corrected chi connectivity index (χ1v) is 8.50. The Labute approximate surface area is 145 Å². The number of aromatic nitrogens is 1. The lowest BCUT2D eigenvalue weighted by Crippen LogP contribution is -2.58. The predicted octanol–water partition coefficient (Wildman–Crippen LogP) is 1.87. The number of furan rings is 1. The van der Waals surface area contributed by atoms with E-state index in [-0.39, 0.29) is 24.0 Å². The van der Waals surface area contributed by atoms with Crippen LogP contribution in [0.2, 0.25) is 0 Å². The summed E-state index contributed by atoms with van der Waals surface area (Å²) in [6.45, 7) is 1.57. The molecule has 7 nitrogen and oxygen atoms in total. The summed E-state index contributed by atoms with van der Waals surface area (Å²) in [4.78, 5) is 32.8. The fraction of sp³-hybridized carbons (Fsp3) is 0.389. The molecule has 0 unspecified atom stereocenters. The lowest BCUT2D eigenvalue weighted by Gasteiger charge is -2.40. The van der Waals surface area contributed by atoms with E-state index in [1.807, 2.05) is 21.9 Å². The topological polar surface area (TPSA) is 78.7 Å². The van der Waals surface area contributed by atoms with E-state index < -0.39 is 0 Å². The van der Waals surface area contributed by atoms with E-state index in [1.165, 1.54) is 6.26 Å². The zero-order chi connectivity index (χ0) is 17.2. The highest BCUT2D eigenvalue weighted by Crippen LogP contribution is 2.31. The van der Waals surface area contributed by atoms with Gasteiger partial charge in [0.25, 0.3) is 5.91 Å². The largest absolute Gasteiger partial charge is 0.459 e. The molecule has 2 aliphatic rings. The van der Waals surface area contributed by atoms with Crippen LogP contribution in [-0.4, -0.2) is 51.9 Å². The molecule has 0 spiro atoms. The van der Waals surface area contributed by atoms with E-state index in [1.54, 1.807) is 24.5 Å². The van der Waals surface area contributed by atoms with Crippen molar-refractivity contribution in [2.45, 2.75) is 31.5 Å². The SMILES string of the molecule is O=C(NCc1cccnc1)N1C[C@H]2CC[C@@H](C1)N2C(=O)c1ccco1. The number of fused-ring (bicyclic) bond motifs is 2. The molecule has 4 rings (SSSR count). The van der Waals surface area contributed by atoms with Gasteiger partial charge in [0.15, 0.2) is 5.76 Å². The van der Waals surface area contributed by atoms with Gasteiger partial charge in [0.05, 0.1) is 18.3 Å². The van der Waals surface area contributed by atoms with E-state index in [0.717, 1.165) is 18.4 Å². The molecule has 2 saturated heterocycles. The van der Waals surface area contributed by atoms with Crippen molar-refractivity contribution in [1.29, 1.82) is 0 Å². The van der Waals surface area contributed by atoms with Crippen LogP contribution in [0.15, 0.2) is 47.3 Å². The van der Waals surface area contributed by atoms with Crippen LogP contribution in [0, 0.1) is 0 Å². The van der Waals surface area contributed by atoms with Gasteiger partial charge in [0.1, 0.15) is 0 Å². The molecular weight excluding hydrogens is 320 g/mol. The van der Waals surface area contributed by atoms with Crippen LogP contribution in [0.25, 0.3) is 0 Å². The highest BCUT2D eigenvalue weighted by atomic mass is 16.3. The van der Waals surface area contributed by atoms with Gasteiger partial charge in [-0.1, -0.05) is 6.07 Å². The smallest absolute Gasteiger partial charge is 0.317 e. The van der Waals surface area contributed by atoms with Crippen molar-refractivity contribution in [3.05, 3.63) is 54.2 Å². The van der Waals surface area contributed by atoms with Gasteiger partial charge >= 0.3 is 6.03 Å². The van der Waals surface area contributed by atoms with E-state index >= 15 is 0 Å². The number of hydrogen-bond donors (Lipinski definition) is 1. The molecule has 0 aromatic carbocycles. The first kappa shape index (κ1) is 15.7. The van der Waals surface area contributed by atoms with Gasteiger partial charge in [0.2, 0.25) is 0 Å². The number of likely N-dealkylation sites (tertiary alicyclic amines) is 1. The first-order chi connectivity index (χ1) is 12.2. The molecule has 0 radical (unpaired) electrons. The normalized spacial score (nSPS) is 22.1. The molecule has 2 aromatic heterocycles. The van der Waals surface area contributed by atoms with Crippen molar-refractivity contribution in [3.63, 3.8) is 0 Å². The number of urea groups is 1. The van der Waals surface area contributed by atoms with Crippen molar-refractivity contribution < 1.29 is 14.0 Å². The van der Waals surface area contributed by atoms with Crippen LogP contribution in [0.5, 0.6) is 0 Å². The molecule has 2 atom stereocenters. The summed E-state index contributed by atoms with van der Waals surface area (Å²) >= 11 is 0. The van der Waals surface area contributed by atoms with Gasteiger partial charge in [-0.05, 0) is 36.6 Å². The Balaban J connectivity index is 1.38. The maximum absolute atomic E-state index is 12.6. The second-order valence-corrected chi connectivity index (χ2v) is 6.50. The van der Waals surface area contributed by atoms with Crippen LogP contribution in [0.1, 0.15) is 29.0 Å². The number of piperazine rings is 1. The lowest BCUT2D eigenvalue weighted by atomic mass is 10.1. The quantitative estimate of drug-likeness (QED) is 0.925. The molecule has 130 valence electrons. The summed E-state index contributed by atoms with van der Waals surface area (Å²) in [5.74, 6) is 0.291. The summed E-state index contributed by atoms with van der Waals surface area (Å²) in [5.41, 5.74) is 0.963. The highest BCUT2D eigenvalue weighted by Gasteiger charge is 2.44. The second-order valence-electron chi connectivity index (χ2n) is 6.50. The fourth-order valence-electron chi connectivity index (χ4n) is 3.72. The van der Waals surface area contributed by atoms with Crippen molar-refractivity contribution in [1.82, 2.24) is 20.1 Å². The Kier molecular flexibility index (Phi) is 4.13. The molecule has 2 bridgehead atoms. The minimum Gasteiger partial charge on any atom is -0.459 e. The van der Waals surface area contributed by atoms with Gasteiger partial charge in [-0.15, -0.1) is 0 Å². The third kappa shape index (κ3) is 3.09. The maximum atomic E-state index is 12.6. The third-order valence-electron chi connectivity index (χ3n) is 4.90. The molecule has 2 fully saturated rings. The Morgan fingerprint density at radius 3 is 2.64 bits per heavy atom. The monoisotopic (exact) mass is 340 g/mol. The Morgan fingerprint density at radius 1 is 1.20 bits per heavy atom. The van der Waals surface area contributed by atoms with Gasteiger partial charge in [-0.25, -0.2) is 4.79 Å². The summed E-state index contributed by atoms with van der Waals surface area (Å²) in [7, 11) is 0. The summed E-state index contributed by atoms with van der Waals surface area (Å²) in [5, 5.41) is 2.93. The van der Waals surface area contributed by atoms with Gasteiger partial charge < -0.3 is 19.5 Å². The lowest BCUT2D eigenvalue weighted by molar-refractivity contribution is 0.0452. The minimum atomic E-state index is -0.0918. The number of carbonyl (C=O) groups excluding carboxylic acids is 2. The number of nitrogens with one attached hydrogen (secondary N) is 1. The summed E-state index contributed by atoms with van der Waals surface area (Å²) in [6, 6.07) is 7.20. The average molecular weight is 340 g/mol. The molecule has 1 N–H and O–H groups in total. The molecule has 25 heavy (non-hydrogen) atoms. The fourth-order valence-corrected chi connectivity index (χ4v) is 3.72. The molecule has 2 aromatic rings. The minimum absolute atomic E-state index is 0.0560. The Morgan fingerprint density at radius 2 is 2.00 bits per heavy atom. The molecule has 4 heterocycles. The van der Waals surface area contributed by atoms with E-state index in [0.29, 0.717) is 25.4 Å². The maximum Gasteiger partial charge on any atom is 0.317 e. The summed E-state index contributed by atoms with van der Waals surface area (Å²) < 4.78 is 5.24. The van der Waals surface area contributed by atoms with E-state index in [2.05, 4.69) is 10.3 Å². The molecule has 0 saturated carbocycles. The van der Waals surface area contributed by atoms with Crippen LogP contribution < -0.4 is 5.32 Å². The Hall–Kier alpha value is -2.83. The zero-order valence-electron chi connectivity index (χ0n) is 13.8. The van der Waals surface area contributed by atoms with Gasteiger partial charge in [-0.2, -0.15) is 0 Å². The van der Waals surface area contributed by atoms with Crippen LogP contribution in [-0.2, 0) is 6.54 Å². The predicted molar refractivity (Wildman–Crippen MR) is 89.7 cm³/mol. The Bertz CT molecular complexity index is 733. The number of carbonyl (C=O) groups is 2. The number of nitrogens with zero attached hydrogens (tertiary/aromatic N) is 3. The van der Waals surface area contributed by atoms with E-state index in [9.17, 15) is 9.59 Å². The number of amides is 3.